The van der Waals surface area contributed by atoms with Gasteiger partial charge in [-0.2, -0.15) is 10.1 Å². The van der Waals surface area contributed by atoms with Crippen molar-refractivity contribution in [1.82, 2.24) is 4.90 Å². The van der Waals surface area contributed by atoms with Gasteiger partial charge in [0, 0.05) is 11.8 Å². The summed E-state index contributed by atoms with van der Waals surface area (Å²) in [6.07, 6.45) is 2.67. The topological polar surface area (TPSA) is 109 Å². The Bertz CT molecular complexity index is 1320. The van der Waals surface area contributed by atoms with E-state index in [9.17, 15) is 19.5 Å². The zero-order valence-electron chi connectivity index (χ0n) is 18.6. The summed E-state index contributed by atoms with van der Waals surface area (Å²) in [4.78, 5) is 40.2. The molecule has 0 unspecified atom stereocenters. The summed E-state index contributed by atoms with van der Waals surface area (Å²) in [5.74, 6) is -1.80. The number of aromatic hydroxyl groups is 1. The van der Waals surface area contributed by atoms with E-state index >= 15 is 0 Å². The molecule has 2 aromatic rings. The van der Waals surface area contributed by atoms with Gasteiger partial charge in [-0.25, -0.2) is 4.79 Å². The number of carbonyl (C=O) groups excluding carboxylic acids is 3. The number of nitrogens with zero attached hydrogens (tertiary/aromatic N) is 3. The molecule has 2 aliphatic rings. The number of hydrogen-bond acceptors (Lipinski definition) is 9. The van der Waals surface area contributed by atoms with E-state index in [2.05, 4.69) is 5.10 Å². The summed E-state index contributed by atoms with van der Waals surface area (Å²) in [7, 11) is 1.42. The minimum absolute atomic E-state index is 0.0818. The number of ether oxygens (including phenoxy) is 2. The Balaban J connectivity index is 1.70. The summed E-state index contributed by atoms with van der Waals surface area (Å²) < 4.78 is 10.3. The smallest absolute Gasteiger partial charge is 0.359 e. The van der Waals surface area contributed by atoms with E-state index in [0.717, 1.165) is 21.7 Å². The van der Waals surface area contributed by atoms with Crippen LogP contribution < -0.4 is 9.75 Å². The zero-order valence-corrected chi connectivity index (χ0v) is 20.3. The lowest BCUT2D eigenvalue weighted by Gasteiger charge is -2.12. The standard InChI is InChI=1S/C24H19N3O6S2/c1-3-33-23(31)19-16(21(29)27(25-19)15-9-5-4-6-10-15)13-26-22(30)18(35-24(26)34)12-14-8-7-11-17(32-2)20(14)28/h4-13,28H,3H2,1-2H3/b16-13+,18-12+. The molecular weight excluding hydrogens is 490 g/mol. The molecule has 0 atom stereocenters. The van der Waals surface area contributed by atoms with Gasteiger partial charge < -0.3 is 14.6 Å². The van der Waals surface area contributed by atoms with Crippen LogP contribution >= 0.6 is 24.0 Å². The van der Waals surface area contributed by atoms with Crippen LogP contribution in [-0.4, -0.2) is 51.5 Å². The van der Waals surface area contributed by atoms with Gasteiger partial charge in [0.25, 0.3) is 11.8 Å². The maximum atomic E-state index is 13.2. The number of thioether (sulfide) groups is 1. The van der Waals surface area contributed by atoms with Crippen LogP contribution in [0.1, 0.15) is 12.5 Å². The molecule has 1 saturated heterocycles. The number of carbonyl (C=O) groups is 3. The number of hydrogen-bond donors (Lipinski definition) is 1. The van der Waals surface area contributed by atoms with Crippen LogP contribution in [0.5, 0.6) is 11.5 Å². The van der Waals surface area contributed by atoms with Crippen molar-refractivity contribution >= 4 is 63.6 Å². The Kier molecular flexibility index (Phi) is 6.99. The molecule has 2 aromatic carbocycles. The van der Waals surface area contributed by atoms with Gasteiger partial charge in [0.1, 0.15) is 0 Å². The normalized spacial score (nSPS) is 18.0. The zero-order chi connectivity index (χ0) is 25.1. The van der Waals surface area contributed by atoms with Gasteiger partial charge in [-0.1, -0.05) is 54.3 Å². The Morgan fingerprint density at radius 2 is 1.89 bits per heavy atom. The van der Waals surface area contributed by atoms with Crippen molar-refractivity contribution in [1.29, 1.82) is 0 Å². The molecule has 0 aromatic heterocycles. The van der Waals surface area contributed by atoms with Crippen LogP contribution in [0.4, 0.5) is 5.69 Å². The van der Waals surface area contributed by atoms with Crippen molar-refractivity contribution in [2.45, 2.75) is 6.92 Å². The Hall–Kier alpha value is -3.96. The van der Waals surface area contributed by atoms with E-state index in [0.29, 0.717) is 11.3 Å². The highest BCUT2D eigenvalue weighted by molar-refractivity contribution is 8.26. The molecule has 2 amide bonds. The maximum Gasteiger partial charge on any atom is 0.359 e. The average Bonchev–Trinajstić information content (AvgIpc) is 3.32. The molecule has 35 heavy (non-hydrogen) atoms. The highest BCUT2D eigenvalue weighted by Gasteiger charge is 2.39. The Morgan fingerprint density at radius 1 is 1.14 bits per heavy atom. The fourth-order valence-electron chi connectivity index (χ4n) is 3.31. The Morgan fingerprint density at radius 3 is 2.57 bits per heavy atom. The number of para-hydroxylation sites is 2. The van der Waals surface area contributed by atoms with Gasteiger partial charge in [-0.15, -0.1) is 0 Å². The number of esters is 1. The molecule has 0 spiro atoms. The van der Waals surface area contributed by atoms with Crippen molar-refractivity contribution in [2.75, 3.05) is 18.7 Å². The van der Waals surface area contributed by atoms with Crippen molar-refractivity contribution in [2.24, 2.45) is 5.10 Å². The number of hydrazone groups is 1. The first-order valence-electron chi connectivity index (χ1n) is 10.4. The Labute approximate surface area is 210 Å². The predicted molar refractivity (Wildman–Crippen MR) is 136 cm³/mol. The lowest BCUT2D eigenvalue weighted by atomic mass is 10.1. The van der Waals surface area contributed by atoms with E-state index in [1.165, 1.54) is 19.4 Å². The van der Waals surface area contributed by atoms with Gasteiger partial charge in [0.05, 0.1) is 29.9 Å². The van der Waals surface area contributed by atoms with Crippen LogP contribution in [0.2, 0.25) is 0 Å². The molecule has 1 N–H and O–H groups in total. The quantitative estimate of drug-likeness (QED) is 0.358. The molecule has 0 radical (unpaired) electrons. The third-order valence-corrected chi connectivity index (χ3v) is 6.30. The van der Waals surface area contributed by atoms with E-state index in [4.69, 9.17) is 21.7 Å². The second kappa shape index (κ2) is 10.1. The molecule has 0 aliphatic carbocycles. The highest BCUT2D eigenvalue weighted by Crippen LogP contribution is 2.37. The maximum absolute atomic E-state index is 13.2. The number of benzene rings is 2. The molecule has 178 valence electrons. The van der Waals surface area contributed by atoms with Crippen LogP contribution in [0.15, 0.2) is 70.3 Å². The highest BCUT2D eigenvalue weighted by atomic mass is 32.2. The van der Waals surface area contributed by atoms with E-state index in [1.807, 2.05) is 0 Å². The summed E-state index contributed by atoms with van der Waals surface area (Å²) in [6, 6.07) is 13.4. The molecule has 1 fully saturated rings. The third-order valence-electron chi connectivity index (χ3n) is 4.97. The molecule has 0 bridgehead atoms. The lowest BCUT2D eigenvalue weighted by Crippen LogP contribution is -2.28. The summed E-state index contributed by atoms with van der Waals surface area (Å²) in [5, 5.41) is 15.6. The predicted octanol–water partition coefficient (Wildman–Crippen LogP) is 3.45. The van der Waals surface area contributed by atoms with E-state index in [-0.39, 0.29) is 38.6 Å². The number of thiocarbonyl (C=S) groups is 1. The van der Waals surface area contributed by atoms with Crippen LogP contribution in [0.25, 0.3) is 6.08 Å². The van der Waals surface area contributed by atoms with Gasteiger partial charge in [-0.05, 0) is 31.2 Å². The fraction of sp³-hybridized carbons (Fsp3) is 0.125. The van der Waals surface area contributed by atoms with Crippen molar-refractivity contribution in [3.63, 3.8) is 0 Å². The molecular formula is C24H19N3O6S2. The third kappa shape index (κ3) is 4.68. The van der Waals surface area contributed by atoms with Gasteiger partial charge in [0.2, 0.25) is 0 Å². The number of phenols is 1. The van der Waals surface area contributed by atoms with Gasteiger partial charge >= 0.3 is 5.97 Å². The second-order valence-electron chi connectivity index (χ2n) is 7.11. The number of anilines is 1. The number of methoxy groups -OCH3 is 1. The van der Waals surface area contributed by atoms with Crippen molar-refractivity contribution in [3.05, 3.63) is 70.8 Å². The summed E-state index contributed by atoms with van der Waals surface area (Å²) in [6.45, 7) is 1.72. The first kappa shape index (κ1) is 24.2. The minimum Gasteiger partial charge on any atom is -0.504 e. The summed E-state index contributed by atoms with van der Waals surface area (Å²) in [5.41, 5.74) is 0.443. The van der Waals surface area contributed by atoms with Gasteiger partial charge in [-0.3, -0.25) is 14.5 Å². The molecule has 0 saturated carbocycles. The number of rotatable bonds is 6. The van der Waals surface area contributed by atoms with Gasteiger partial charge in [0.15, 0.2) is 21.5 Å². The first-order valence-corrected chi connectivity index (χ1v) is 11.6. The number of amides is 2. The molecule has 4 rings (SSSR count). The number of phenolic OH excluding ortho intramolecular Hbond substituents is 1. The average molecular weight is 510 g/mol. The van der Waals surface area contributed by atoms with Crippen LogP contribution in [-0.2, 0) is 19.1 Å². The minimum atomic E-state index is -0.798. The lowest BCUT2D eigenvalue weighted by molar-refractivity contribution is -0.135. The SMILES string of the molecule is CCOC(=O)C1=NN(c2ccccc2)C(=O)/C1=C/N1C(=O)/C(=C\c2cccc(OC)c2O)SC1=S. The molecule has 2 heterocycles. The molecule has 9 nitrogen and oxygen atoms in total. The van der Waals surface area contributed by atoms with Crippen molar-refractivity contribution < 1.29 is 29.0 Å². The second-order valence-corrected chi connectivity index (χ2v) is 8.79. The first-order chi connectivity index (χ1) is 16.8. The van der Waals surface area contributed by atoms with Crippen LogP contribution in [0.3, 0.4) is 0 Å². The fourth-order valence-corrected chi connectivity index (χ4v) is 4.51. The monoisotopic (exact) mass is 509 g/mol. The summed E-state index contributed by atoms with van der Waals surface area (Å²) >= 11 is 6.35. The van der Waals surface area contributed by atoms with Crippen LogP contribution in [0, 0.1) is 0 Å². The molecule has 2 aliphatic heterocycles. The van der Waals surface area contributed by atoms with E-state index < -0.39 is 17.8 Å². The molecule has 11 heteroatoms. The van der Waals surface area contributed by atoms with E-state index in [1.54, 1.807) is 55.5 Å². The van der Waals surface area contributed by atoms with Crippen molar-refractivity contribution in [3.8, 4) is 11.5 Å². The largest absolute Gasteiger partial charge is 0.504 e.